The molecule has 122 valence electrons. The number of hydrogen-bond donors (Lipinski definition) is 3. The van der Waals surface area contributed by atoms with E-state index < -0.39 is 17.5 Å². The number of urea groups is 1. The van der Waals surface area contributed by atoms with Crippen LogP contribution in [0.2, 0.25) is 0 Å². The summed E-state index contributed by atoms with van der Waals surface area (Å²) in [6, 6.07) is 6.56. The maximum atomic E-state index is 12.0. The van der Waals surface area contributed by atoms with Gasteiger partial charge in [-0.15, -0.1) is 0 Å². The van der Waals surface area contributed by atoms with Crippen molar-refractivity contribution in [3.05, 3.63) is 30.7 Å². The molecule has 0 unspecified atom stereocenters. The number of carbonyl (C=O) groups is 2. The zero-order valence-corrected chi connectivity index (χ0v) is 12.9. The van der Waals surface area contributed by atoms with Crippen LogP contribution in [0.1, 0.15) is 26.7 Å². The number of carboxylic acids is 1. The Morgan fingerprint density at radius 2 is 1.96 bits per heavy atom. The van der Waals surface area contributed by atoms with Crippen molar-refractivity contribution in [1.82, 2.24) is 15.5 Å². The van der Waals surface area contributed by atoms with E-state index in [1.807, 2.05) is 0 Å². The van der Waals surface area contributed by atoms with E-state index >= 15 is 0 Å². The van der Waals surface area contributed by atoms with Gasteiger partial charge in [0.05, 0.1) is 0 Å². The maximum Gasteiger partial charge on any atom is 0.319 e. The first-order chi connectivity index (χ1) is 10.9. The van der Waals surface area contributed by atoms with Gasteiger partial charge in [0.25, 0.3) is 0 Å². The van der Waals surface area contributed by atoms with Crippen LogP contribution in [-0.2, 0) is 4.79 Å². The Kier molecular flexibility index (Phi) is 4.95. The van der Waals surface area contributed by atoms with E-state index in [0.717, 1.165) is 5.56 Å². The molecule has 0 fully saturated rings. The Morgan fingerprint density at radius 3 is 2.52 bits per heavy atom. The van der Waals surface area contributed by atoms with Crippen molar-refractivity contribution >= 4 is 17.7 Å². The zero-order chi connectivity index (χ0) is 16.9. The molecular weight excluding hydrogens is 300 g/mol. The SMILES string of the molecule is CC(C)(CCC(=O)O)NC(=O)Nc1ccc(-c2ncon2)cc1. The Hall–Kier alpha value is -2.90. The number of hydrogen-bond acceptors (Lipinski definition) is 5. The quantitative estimate of drug-likeness (QED) is 0.753. The number of nitrogens with one attached hydrogen (secondary N) is 2. The van der Waals surface area contributed by atoms with Crippen molar-refractivity contribution in [2.75, 3.05) is 5.32 Å². The number of nitrogens with zero attached hydrogens (tertiary/aromatic N) is 2. The van der Waals surface area contributed by atoms with Gasteiger partial charge in [0.1, 0.15) is 0 Å². The molecule has 0 aliphatic heterocycles. The molecule has 0 saturated heterocycles. The lowest BCUT2D eigenvalue weighted by Crippen LogP contribution is -2.45. The molecule has 2 aromatic rings. The van der Waals surface area contributed by atoms with Crippen LogP contribution in [0.25, 0.3) is 11.4 Å². The molecule has 8 heteroatoms. The Labute approximate surface area is 132 Å². The van der Waals surface area contributed by atoms with Crippen molar-refractivity contribution in [1.29, 1.82) is 0 Å². The van der Waals surface area contributed by atoms with Crippen molar-refractivity contribution < 1.29 is 19.2 Å². The second-order valence-corrected chi connectivity index (χ2v) is 5.69. The average Bonchev–Trinajstić information content (AvgIpc) is 2.99. The van der Waals surface area contributed by atoms with E-state index in [2.05, 4.69) is 25.3 Å². The fraction of sp³-hybridized carbons (Fsp3) is 0.333. The lowest BCUT2D eigenvalue weighted by Gasteiger charge is -2.25. The number of carbonyl (C=O) groups excluding carboxylic acids is 1. The molecule has 23 heavy (non-hydrogen) atoms. The minimum absolute atomic E-state index is 0.00726. The van der Waals surface area contributed by atoms with Crippen LogP contribution in [0.4, 0.5) is 10.5 Å². The van der Waals surface area contributed by atoms with Gasteiger partial charge < -0.3 is 20.3 Å². The van der Waals surface area contributed by atoms with Gasteiger partial charge in [-0.25, -0.2) is 4.79 Å². The summed E-state index contributed by atoms with van der Waals surface area (Å²) in [4.78, 5) is 26.5. The molecule has 2 amide bonds. The van der Waals surface area contributed by atoms with Gasteiger partial charge in [0.2, 0.25) is 12.2 Å². The fourth-order valence-electron chi connectivity index (χ4n) is 1.95. The molecule has 0 aliphatic rings. The molecule has 1 aromatic carbocycles. The van der Waals surface area contributed by atoms with Crippen molar-refractivity contribution in [2.24, 2.45) is 0 Å². The number of rotatable bonds is 6. The number of amides is 2. The number of aliphatic carboxylic acids is 1. The minimum Gasteiger partial charge on any atom is -0.481 e. The molecule has 1 aromatic heterocycles. The molecule has 0 saturated carbocycles. The van der Waals surface area contributed by atoms with E-state index in [1.54, 1.807) is 38.1 Å². The van der Waals surface area contributed by atoms with Gasteiger partial charge in [-0.3, -0.25) is 4.79 Å². The van der Waals surface area contributed by atoms with Crippen LogP contribution in [-0.4, -0.2) is 32.8 Å². The van der Waals surface area contributed by atoms with E-state index in [4.69, 9.17) is 5.11 Å². The Morgan fingerprint density at radius 1 is 1.26 bits per heavy atom. The lowest BCUT2D eigenvalue weighted by atomic mass is 9.99. The summed E-state index contributed by atoms with van der Waals surface area (Å²) in [6.07, 6.45) is 1.58. The number of carboxylic acid groups (broad SMARTS) is 1. The smallest absolute Gasteiger partial charge is 0.319 e. The Balaban J connectivity index is 1.91. The molecule has 0 aliphatic carbocycles. The average molecular weight is 318 g/mol. The van der Waals surface area contributed by atoms with Crippen LogP contribution in [0.3, 0.4) is 0 Å². The zero-order valence-electron chi connectivity index (χ0n) is 12.9. The van der Waals surface area contributed by atoms with Crippen molar-refractivity contribution in [3.8, 4) is 11.4 Å². The van der Waals surface area contributed by atoms with Crippen LogP contribution in [0.5, 0.6) is 0 Å². The van der Waals surface area contributed by atoms with Crippen LogP contribution in [0, 0.1) is 0 Å². The molecule has 2 rings (SSSR count). The molecule has 0 bridgehead atoms. The summed E-state index contributed by atoms with van der Waals surface area (Å²) in [5.41, 5.74) is 0.753. The highest BCUT2D eigenvalue weighted by Crippen LogP contribution is 2.18. The van der Waals surface area contributed by atoms with E-state index in [-0.39, 0.29) is 6.42 Å². The summed E-state index contributed by atoms with van der Waals surface area (Å²) in [5, 5.41) is 17.9. The standard InChI is InChI=1S/C15H18N4O4/c1-15(2,8-7-12(20)21)18-14(22)17-11-5-3-10(4-6-11)13-16-9-23-19-13/h3-6,9H,7-8H2,1-2H3,(H,20,21)(H2,17,18,22). The number of anilines is 1. The highest BCUT2D eigenvalue weighted by molar-refractivity contribution is 5.90. The van der Waals surface area contributed by atoms with Gasteiger partial charge in [0, 0.05) is 23.2 Å². The summed E-state index contributed by atoms with van der Waals surface area (Å²) in [7, 11) is 0. The third kappa shape index (κ3) is 5.10. The molecular formula is C15H18N4O4. The van der Waals surface area contributed by atoms with E-state index in [9.17, 15) is 9.59 Å². The van der Waals surface area contributed by atoms with Crippen molar-refractivity contribution in [3.63, 3.8) is 0 Å². The van der Waals surface area contributed by atoms with E-state index in [0.29, 0.717) is 17.9 Å². The summed E-state index contributed by atoms with van der Waals surface area (Å²) in [6.45, 7) is 3.55. The van der Waals surface area contributed by atoms with Crippen LogP contribution in [0.15, 0.2) is 35.2 Å². The van der Waals surface area contributed by atoms with Gasteiger partial charge >= 0.3 is 12.0 Å². The number of aromatic nitrogens is 2. The first kappa shape index (κ1) is 16.5. The monoisotopic (exact) mass is 318 g/mol. The molecule has 8 nitrogen and oxygen atoms in total. The first-order valence-electron chi connectivity index (χ1n) is 7.03. The summed E-state index contributed by atoms with van der Waals surface area (Å²) < 4.78 is 4.68. The fourth-order valence-corrected chi connectivity index (χ4v) is 1.95. The van der Waals surface area contributed by atoms with Gasteiger partial charge in [-0.1, -0.05) is 5.16 Å². The highest BCUT2D eigenvalue weighted by Gasteiger charge is 2.21. The maximum absolute atomic E-state index is 12.0. The van der Waals surface area contributed by atoms with E-state index in [1.165, 1.54) is 6.39 Å². The topological polar surface area (TPSA) is 117 Å². The first-order valence-corrected chi connectivity index (χ1v) is 7.03. The van der Waals surface area contributed by atoms with Crippen molar-refractivity contribution in [2.45, 2.75) is 32.2 Å². The largest absolute Gasteiger partial charge is 0.481 e. The Bertz CT molecular complexity index is 665. The molecule has 3 N–H and O–H groups in total. The second kappa shape index (κ2) is 6.91. The minimum atomic E-state index is -0.891. The normalized spacial score (nSPS) is 11.0. The molecule has 1 heterocycles. The molecule has 0 radical (unpaired) electrons. The van der Waals surface area contributed by atoms with Crippen LogP contribution >= 0.6 is 0 Å². The van der Waals surface area contributed by atoms with Crippen LogP contribution < -0.4 is 10.6 Å². The summed E-state index contributed by atoms with van der Waals surface area (Å²) >= 11 is 0. The van der Waals surface area contributed by atoms with Gasteiger partial charge in [-0.2, -0.15) is 4.98 Å². The second-order valence-electron chi connectivity index (χ2n) is 5.69. The predicted molar refractivity (Wildman–Crippen MR) is 82.8 cm³/mol. The third-order valence-electron chi connectivity index (χ3n) is 3.18. The molecule has 0 atom stereocenters. The van der Waals surface area contributed by atoms with Gasteiger partial charge in [-0.05, 0) is 44.5 Å². The third-order valence-corrected chi connectivity index (χ3v) is 3.18. The lowest BCUT2D eigenvalue weighted by molar-refractivity contribution is -0.137. The summed E-state index contributed by atoms with van der Waals surface area (Å²) in [5.74, 6) is -0.423. The number of benzene rings is 1. The van der Waals surface area contributed by atoms with Gasteiger partial charge in [0.15, 0.2) is 0 Å². The molecule has 0 spiro atoms. The highest BCUT2D eigenvalue weighted by atomic mass is 16.5. The predicted octanol–water partition coefficient (Wildman–Crippen LogP) is 2.50.